The minimum atomic E-state index is 0.562. The van der Waals surface area contributed by atoms with Crippen LogP contribution in [0.1, 0.15) is 5.56 Å². The number of hydrogen-bond acceptors (Lipinski definition) is 4. The summed E-state index contributed by atoms with van der Waals surface area (Å²) in [6.45, 7) is 1.41. The van der Waals surface area contributed by atoms with E-state index < -0.39 is 0 Å². The minimum absolute atomic E-state index is 0.562. The first-order valence-electron chi connectivity index (χ1n) is 5.22. The van der Waals surface area contributed by atoms with E-state index in [9.17, 15) is 0 Å². The molecule has 0 aliphatic rings. The molecule has 0 bridgehead atoms. The molecule has 0 aromatic heterocycles. The number of ether oxygens (including phenoxy) is 3. The molecule has 0 fully saturated rings. The second kappa shape index (κ2) is 7.09. The van der Waals surface area contributed by atoms with Gasteiger partial charge in [0.1, 0.15) is 11.5 Å². The van der Waals surface area contributed by atoms with Crippen molar-refractivity contribution in [2.24, 2.45) is 0 Å². The Morgan fingerprint density at radius 2 is 1.94 bits per heavy atom. The molecule has 1 N–H and O–H groups in total. The summed E-state index contributed by atoms with van der Waals surface area (Å²) < 4.78 is 15.4. The summed E-state index contributed by atoms with van der Waals surface area (Å²) in [5, 5.41) is 3.15. The zero-order chi connectivity index (χ0) is 11.8. The van der Waals surface area contributed by atoms with Crippen molar-refractivity contribution in [2.75, 3.05) is 34.6 Å². The maximum Gasteiger partial charge on any atom is 0.122 e. The largest absolute Gasteiger partial charge is 0.497 e. The van der Waals surface area contributed by atoms with Crippen LogP contribution in [0, 0.1) is 0 Å². The van der Waals surface area contributed by atoms with Crippen LogP contribution in [0.2, 0.25) is 0 Å². The second-order valence-corrected chi connectivity index (χ2v) is 3.36. The van der Waals surface area contributed by atoms with E-state index in [4.69, 9.17) is 14.2 Å². The van der Waals surface area contributed by atoms with Gasteiger partial charge in [-0.15, -0.1) is 0 Å². The van der Waals surface area contributed by atoms with Crippen LogP contribution >= 0.6 is 0 Å². The summed E-state index contributed by atoms with van der Waals surface area (Å²) in [5.41, 5.74) is 1.13. The van der Waals surface area contributed by atoms with Crippen molar-refractivity contribution >= 4 is 0 Å². The van der Waals surface area contributed by atoms with Crippen LogP contribution < -0.4 is 14.8 Å². The smallest absolute Gasteiger partial charge is 0.122 e. The van der Waals surface area contributed by atoms with Gasteiger partial charge in [-0.2, -0.15) is 0 Å². The fourth-order valence-electron chi connectivity index (χ4n) is 1.47. The number of nitrogens with one attached hydrogen (secondary N) is 1. The van der Waals surface area contributed by atoms with E-state index in [2.05, 4.69) is 5.32 Å². The van der Waals surface area contributed by atoms with Crippen molar-refractivity contribution in [3.05, 3.63) is 23.8 Å². The number of benzene rings is 1. The van der Waals surface area contributed by atoms with Gasteiger partial charge in [0.15, 0.2) is 0 Å². The molecule has 0 heterocycles. The molecule has 0 aliphatic heterocycles. The predicted molar refractivity (Wildman–Crippen MR) is 63.1 cm³/mol. The lowest BCUT2D eigenvalue weighted by molar-refractivity contribution is 0.176. The summed E-state index contributed by atoms with van der Waals surface area (Å²) in [6, 6.07) is 5.81. The molecule has 90 valence electrons. The van der Waals surface area contributed by atoms with E-state index in [0.29, 0.717) is 6.73 Å². The van der Waals surface area contributed by atoms with Gasteiger partial charge < -0.3 is 14.2 Å². The van der Waals surface area contributed by atoms with E-state index in [-0.39, 0.29) is 0 Å². The quantitative estimate of drug-likeness (QED) is 0.563. The first kappa shape index (κ1) is 12.8. The van der Waals surface area contributed by atoms with Crippen molar-refractivity contribution in [1.82, 2.24) is 5.32 Å². The van der Waals surface area contributed by atoms with Crippen molar-refractivity contribution in [3.63, 3.8) is 0 Å². The lowest BCUT2D eigenvalue weighted by Crippen LogP contribution is -2.19. The lowest BCUT2D eigenvalue weighted by Gasteiger charge is -2.10. The molecule has 1 aromatic carbocycles. The van der Waals surface area contributed by atoms with Gasteiger partial charge in [0.2, 0.25) is 0 Å². The van der Waals surface area contributed by atoms with Gasteiger partial charge in [-0.25, -0.2) is 0 Å². The van der Waals surface area contributed by atoms with E-state index in [1.165, 1.54) is 0 Å². The Bertz CT molecular complexity index is 315. The van der Waals surface area contributed by atoms with E-state index >= 15 is 0 Å². The van der Waals surface area contributed by atoms with E-state index in [0.717, 1.165) is 30.0 Å². The summed E-state index contributed by atoms with van der Waals surface area (Å²) >= 11 is 0. The Kier molecular flexibility index (Phi) is 5.67. The minimum Gasteiger partial charge on any atom is -0.497 e. The Morgan fingerprint density at radius 1 is 1.12 bits per heavy atom. The van der Waals surface area contributed by atoms with Crippen LogP contribution in [0.5, 0.6) is 11.5 Å². The average molecular weight is 225 g/mol. The molecule has 4 heteroatoms. The number of methoxy groups -OCH3 is 3. The molecular formula is C12H19NO3. The summed E-state index contributed by atoms with van der Waals surface area (Å²) in [4.78, 5) is 0. The SMILES string of the molecule is COCNCCc1cc(OC)ccc1OC. The molecule has 0 atom stereocenters. The van der Waals surface area contributed by atoms with Crippen molar-refractivity contribution in [1.29, 1.82) is 0 Å². The van der Waals surface area contributed by atoms with Crippen LogP contribution in [-0.2, 0) is 11.2 Å². The highest BCUT2D eigenvalue weighted by atomic mass is 16.5. The van der Waals surface area contributed by atoms with Gasteiger partial charge in [0.05, 0.1) is 21.0 Å². The van der Waals surface area contributed by atoms with Gasteiger partial charge in [0.25, 0.3) is 0 Å². The fourth-order valence-corrected chi connectivity index (χ4v) is 1.47. The highest BCUT2D eigenvalue weighted by Gasteiger charge is 2.04. The van der Waals surface area contributed by atoms with Crippen LogP contribution in [0.15, 0.2) is 18.2 Å². The predicted octanol–water partition coefficient (Wildman–Crippen LogP) is 1.44. The summed E-state index contributed by atoms with van der Waals surface area (Å²) in [5.74, 6) is 1.74. The molecule has 1 aromatic rings. The van der Waals surface area contributed by atoms with Crippen LogP contribution in [0.4, 0.5) is 0 Å². The van der Waals surface area contributed by atoms with Crippen molar-refractivity contribution in [2.45, 2.75) is 6.42 Å². The molecule has 16 heavy (non-hydrogen) atoms. The number of rotatable bonds is 7. The molecule has 0 radical (unpaired) electrons. The third kappa shape index (κ3) is 3.72. The van der Waals surface area contributed by atoms with E-state index in [1.807, 2.05) is 18.2 Å². The third-order valence-corrected chi connectivity index (χ3v) is 2.31. The maximum absolute atomic E-state index is 5.29. The zero-order valence-electron chi connectivity index (χ0n) is 10.1. The molecule has 0 spiro atoms. The molecular weight excluding hydrogens is 206 g/mol. The maximum atomic E-state index is 5.29. The highest BCUT2D eigenvalue weighted by molar-refractivity contribution is 5.40. The first-order chi connectivity index (χ1) is 7.81. The Labute approximate surface area is 96.5 Å². The standard InChI is InChI=1S/C12H19NO3/c1-14-9-13-7-6-10-8-11(15-2)4-5-12(10)16-3/h4-5,8,13H,6-7,9H2,1-3H3. The van der Waals surface area contributed by atoms with E-state index in [1.54, 1.807) is 21.3 Å². The monoisotopic (exact) mass is 225 g/mol. The Hall–Kier alpha value is -1.26. The first-order valence-corrected chi connectivity index (χ1v) is 5.22. The Morgan fingerprint density at radius 3 is 2.56 bits per heavy atom. The van der Waals surface area contributed by atoms with Gasteiger partial charge in [-0.3, -0.25) is 5.32 Å². The van der Waals surface area contributed by atoms with Crippen molar-refractivity contribution in [3.8, 4) is 11.5 Å². The molecule has 0 saturated heterocycles. The summed E-state index contributed by atoms with van der Waals surface area (Å²) in [6.07, 6.45) is 0.879. The topological polar surface area (TPSA) is 39.7 Å². The van der Waals surface area contributed by atoms with Crippen LogP contribution in [-0.4, -0.2) is 34.6 Å². The molecule has 0 unspecified atom stereocenters. The Balaban J connectivity index is 2.60. The van der Waals surface area contributed by atoms with Gasteiger partial charge >= 0.3 is 0 Å². The third-order valence-electron chi connectivity index (χ3n) is 2.31. The van der Waals surface area contributed by atoms with Gasteiger partial charge in [-0.05, 0) is 30.2 Å². The van der Waals surface area contributed by atoms with Crippen LogP contribution in [0.25, 0.3) is 0 Å². The second-order valence-electron chi connectivity index (χ2n) is 3.36. The van der Waals surface area contributed by atoms with Gasteiger partial charge in [0, 0.05) is 13.7 Å². The average Bonchev–Trinajstić information content (AvgIpc) is 2.34. The molecule has 0 saturated carbocycles. The fraction of sp³-hybridized carbons (Fsp3) is 0.500. The molecule has 0 amide bonds. The number of hydrogen-bond donors (Lipinski definition) is 1. The van der Waals surface area contributed by atoms with Gasteiger partial charge in [-0.1, -0.05) is 0 Å². The normalized spacial score (nSPS) is 10.2. The molecule has 0 aliphatic carbocycles. The lowest BCUT2D eigenvalue weighted by atomic mass is 10.1. The van der Waals surface area contributed by atoms with Crippen molar-refractivity contribution < 1.29 is 14.2 Å². The zero-order valence-corrected chi connectivity index (χ0v) is 10.1. The van der Waals surface area contributed by atoms with Crippen LogP contribution in [0.3, 0.4) is 0 Å². The summed E-state index contributed by atoms with van der Waals surface area (Å²) in [7, 11) is 5.00. The molecule has 4 nitrogen and oxygen atoms in total. The molecule has 1 rings (SSSR count). The highest BCUT2D eigenvalue weighted by Crippen LogP contribution is 2.23.